The first-order valence-corrected chi connectivity index (χ1v) is 6.05. The standard InChI is InChI=1S/C12H23N2/c1-13-9-7-12(8-10-13)14(2)11-5-3-4-6-11/h11-12H,1,3-10H2,2H3/q-1. The van der Waals surface area contributed by atoms with E-state index in [2.05, 4.69) is 23.9 Å². The van der Waals surface area contributed by atoms with Gasteiger partial charge in [0, 0.05) is 12.1 Å². The van der Waals surface area contributed by atoms with Crippen molar-refractivity contribution in [1.29, 1.82) is 0 Å². The number of nitrogens with zero attached hydrogens (tertiary/aromatic N) is 2. The van der Waals surface area contributed by atoms with Gasteiger partial charge < -0.3 is 9.80 Å². The summed E-state index contributed by atoms with van der Waals surface area (Å²) in [5, 5.41) is 0. The van der Waals surface area contributed by atoms with Crippen molar-refractivity contribution in [2.75, 3.05) is 20.1 Å². The Labute approximate surface area is 88.3 Å². The van der Waals surface area contributed by atoms with Gasteiger partial charge in [-0.2, -0.15) is 0 Å². The largest absolute Gasteiger partial charge is 0.459 e. The lowest BCUT2D eigenvalue weighted by Gasteiger charge is -2.41. The zero-order valence-electron chi connectivity index (χ0n) is 9.41. The van der Waals surface area contributed by atoms with E-state index in [1.54, 1.807) is 0 Å². The summed E-state index contributed by atoms with van der Waals surface area (Å²) in [5.41, 5.74) is 0. The number of hydrogen-bond donors (Lipinski definition) is 0. The molecular weight excluding hydrogens is 172 g/mol. The molecule has 0 radical (unpaired) electrons. The molecule has 0 aromatic heterocycles. The molecule has 1 saturated heterocycles. The van der Waals surface area contributed by atoms with Crippen molar-refractivity contribution >= 4 is 0 Å². The van der Waals surface area contributed by atoms with E-state index >= 15 is 0 Å². The highest BCUT2D eigenvalue weighted by atomic mass is 15.2. The lowest BCUT2D eigenvalue weighted by atomic mass is 10.0. The average Bonchev–Trinajstić information content (AvgIpc) is 2.71. The van der Waals surface area contributed by atoms with Gasteiger partial charge in [-0.25, -0.2) is 0 Å². The fourth-order valence-electron chi connectivity index (χ4n) is 2.94. The molecule has 0 aromatic rings. The van der Waals surface area contributed by atoms with Gasteiger partial charge in [0.05, 0.1) is 0 Å². The van der Waals surface area contributed by atoms with Crippen LogP contribution >= 0.6 is 0 Å². The Bertz CT molecular complexity index is 167. The summed E-state index contributed by atoms with van der Waals surface area (Å²) in [4.78, 5) is 4.86. The molecule has 2 heteroatoms. The maximum Gasteiger partial charge on any atom is 0.0118 e. The van der Waals surface area contributed by atoms with Crippen LogP contribution in [0.25, 0.3) is 0 Å². The summed E-state index contributed by atoms with van der Waals surface area (Å²) in [6.07, 6.45) is 8.39. The van der Waals surface area contributed by atoms with Crippen LogP contribution in [0, 0.1) is 7.05 Å². The highest BCUT2D eigenvalue weighted by Crippen LogP contribution is 2.26. The molecule has 2 rings (SSSR count). The summed E-state index contributed by atoms with van der Waals surface area (Å²) in [5.74, 6) is 0. The van der Waals surface area contributed by atoms with Crippen molar-refractivity contribution in [3.8, 4) is 0 Å². The second-order valence-corrected chi connectivity index (χ2v) is 4.95. The molecule has 2 nitrogen and oxygen atoms in total. The van der Waals surface area contributed by atoms with Crippen LogP contribution in [-0.2, 0) is 0 Å². The van der Waals surface area contributed by atoms with Crippen molar-refractivity contribution < 1.29 is 0 Å². The third kappa shape index (κ3) is 2.29. The minimum absolute atomic E-state index is 0.830. The first kappa shape index (κ1) is 10.4. The van der Waals surface area contributed by atoms with Crippen LogP contribution in [0.1, 0.15) is 38.5 Å². The van der Waals surface area contributed by atoms with Crippen molar-refractivity contribution in [2.45, 2.75) is 50.6 Å². The fourth-order valence-corrected chi connectivity index (χ4v) is 2.94. The molecule has 0 spiro atoms. The fraction of sp³-hybridized carbons (Fsp3) is 0.917. The summed E-state index contributed by atoms with van der Waals surface area (Å²) >= 11 is 0. The van der Waals surface area contributed by atoms with Crippen LogP contribution in [0.15, 0.2) is 0 Å². The average molecular weight is 195 g/mol. The van der Waals surface area contributed by atoms with E-state index in [1.165, 1.54) is 51.6 Å². The van der Waals surface area contributed by atoms with Crippen LogP contribution in [-0.4, -0.2) is 42.0 Å². The molecular formula is C12H23N2-. The van der Waals surface area contributed by atoms with Gasteiger partial charge in [0.1, 0.15) is 0 Å². The third-order valence-corrected chi connectivity index (χ3v) is 4.03. The van der Waals surface area contributed by atoms with Gasteiger partial charge >= 0.3 is 0 Å². The Morgan fingerprint density at radius 3 is 2.07 bits per heavy atom. The van der Waals surface area contributed by atoms with Crippen LogP contribution in [0.3, 0.4) is 0 Å². The predicted octanol–water partition coefficient (Wildman–Crippen LogP) is 2.12. The number of likely N-dealkylation sites (tertiary alicyclic amines) is 1. The minimum atomic E-state index is 0.830. The second-order valence-electron chi connectivity index (χ2n) is 4.95. The van der Waals surface area contributed by atoms with Gasteiger partial charge in [0.2, 0.25) is 0 Å². The van der Waals surface area contributed by atoms with Gasteiger partial charge in [-0.05, 0) is 45.8 Å². The number of piperidine rings is 1. The highest BCUT2D eigenvalue weighted by molar-refractivity contribution is 4.84. The Balaban J connectivity index is 1.82. The molecule has 1 heterocycles. The van der Waals surface area contributed by atoms with Gasteiger partial charge in [0.25, 0.3) is 0 Å². The quantitative estimate of drug-likeness (QED) is 0.623. The Morgan fingerprint density at radius 2 is 1.50 bits per heavy atom. The van der Waals surface area contributed by atoms with Crippen molar-refractivity contribution in [3.63, 3.8) is 0 Å². The van der Waals surface area contributed by atoms with Gasteiger partial charge in [0.15, 0.2) is 0 Å². The molecule has 1 aliphatic heterocycles. The van der Waals surface area contributed by atoms with Crippen molar-refractivity contribution in [3.05, 3.63) is 7.05 Å². The van der Waals surface area contributed by atoms with Crippen molar-refractivity contribution in [2.24, 2.45) is 0 Å². The van der Waals surface area contributed by atoms with E-state index in [-0.39, 0.29) is 0 Å². The highest BCUT2D eigenvalue weighted by Gasteiger charge is 2.26. The van der Waals surface area contributed by atoms with E-state index in [9.17, 15) is 0 Å². The first-order chi connectivity index (χ1) is 6.77. The first-order valence-electron chi connectivity index (χ1n) is 6.05. The Morgan fingerprint density at radius 1 is 1.00 bits per heavy atom. The minimum Gasteiger partial charge on any atom is -0.459 e. The second kappa shape index (κ2) is 4.63. The van der Waals surface area contributed by atoms with E-state index in [0.29, 0.717) is 0 Å². The third-order valence-electron chi connectivity index (χ3n) is 4.03. The van der Waals surface area contributed by atoms with E-state index in [0.717, 1.165) is 12.1 Å². The van der Waals surface area contributed by atoms with Gasteiger partial charge in [-0.15, -0.1) is 0 Å². The lowest BCUT2D eigenvalue weighted by molar-refractivity contribution is 0.115. The van der Waals surface area contributed by atoms with E-state index in [4.69, 9.17) is 0 Å². The van der Waals surface area contributed by atoms with Gasteiger partial charge in [-0.1, -0.05) is 12.8 Å². The molecule has 0 aromatic carbocycles. The summed E-state index contributed by atoms with van der Waals surface area (Å²) < 4.78 is 0. The van der Waals surface area contributed by atoms with E-state index < -0.39 is 0 Å². The Kier molecular flexibility index (Phi) is 3.45. The molecule has 2 aliphatic rings. The zero-order chi connectivity index (χ0) is 9.97. The topological polar surface area (TPSA) is 6.48 Å². The molecule has 2 fully saturated rings. The normalized spacial score (nSPS) is 27.6. The molecule has 0 N–H and O–H groups in total. The molecule has 1 saturated carbocycles. The van der Waals surface area contributed by atoms with Crippen LogP contribution in [0.4, 0.5) is 0 Å². The van der Waals surface area contributed by atoms with Gasteiger partial charge in [-0.3, -0.25) is 7.05 Å². The maximum absolute atomic E-state index is 4.00. The van der Waals surface area contributed by atoms with Crippen LogP contribution < -0.4 is 0 Å². The SMILES string of the molecule is [CH2-]N1CCC(N(C)C2CCCC2)CC1. The zero-order valence-corrected chi connectivity index (χ0v) is 9.41. The van der Waals surface area contributed by atoms with E-state index in [1.807, 2.05) is 0 Å². The smallest absolute Gasteiger partial charge is 0.0118 e. The summed E-state index contributed by atoms with van der Waals surface area (Å²) in [6.45, 7) is 2.36. The molecule has 0 bridgehead atoms. The molecule has 1 aliphatic carbocycles. The molecule has 0 atom stereocenters. The Hall–Kier alpha value is -0.0800. The number of rotatable bonds is 2. The maximum atomic E-state index is 4.00. The van der Waals surface area contributed by atoms with Crippen LogP contribution in [0.2, 0.25) is 0 Å². The molecule has 0 unspecified atom stereocenters. The number of hydrogen-bond acceptors (Lipinski definition) is 2. The van der Waals surface area contributed by atoms with Crippen molar-refractivity contribution in [1.82, 2.24) is 9.80 Å². The monoisotopic (exact) mass is 195 g/mol. The molecule has 14 heavy (non-hydrogen) atoms. The summed E-state index contributed by atoms with van der Waals surface area (Å²) in [6, 6.07) is 1.72. The van der Waals surface area contributed by atoms with Crippen LogP contribution in [0.5, 0.6) is 0 Å². The molecule has 0 amide bonds. The molecule has 82 valence electrons. The predicted molar refractivity (Wildman–Crippen MR) is 60.0 cm³/mol. The lowest BCUT2D eigenvalue weighted by Crippen LogP contribution is -2.45. The summed E-state index contributed by atoms with van der Waals surface area (Å²) in [7, 11) is 6.34.